The van der Waals surface area contributed by atoms with E-state index in [9.17, 15) is 13.2 Å². The lowest BCUT2D eigenvalue weighted by Gasteiger charge is -2.20. The number of ether oxygens (including phenoxy) is 1. The largest absolute Gasteiger partial charge is 0.478 e. The molecule has 1 atom stereocenters. The summed E-state index contributed by atoms with van der Waals surface area (Å²) < 4.78 is 31.4. The molecule has 29 heavy (non-hydrogen) atoms. The quantitative estimate of drug-likeness (QED) is 0.649. The zero-order valence-electron chi connectivity index (χ0n) is 16.0. The lowest BCUT2D eigenvalue weighted by molar-refractivity contribution is -0.127. The molecule has 0 spiro atoms. The summed E-state index contributed by atoms with van der Waals surface area (Å²) in [6, 6.07) is 14.6. The summed E-state index contributed by atoms with van der Waals surface area (Å²) in [6.07, 6.45) is 0.706. The number of carbonyl (C=O) groups excluding carboxylic acids is 1. The molecule has 0 bridgehead atoms. The van der Waals surface area contributed by atoms with Crippen LogP contribution in [0.15, 0.2) is 48.5 Å². The molecule has 156 valence electrons. The lowest BCUT2D eigenvalue weighted by atomic mass is 10.2. The molecule has 6 nitrogen and oxygen atoms in total. The third kappa shape index (κ3) is 6.04. The molecule has 2 aromatic carbocycles. The molecule has 9 heteroatoms. The minimum atomic E-state index is -3.46. The van der Waals surface area contributed by atoms with Gasteiger partial charge in [-0.1, -0.05) is 35.9 Å². The van der Waals surface area contributed by atoms with Crippen LogP contribution in [-0.2, 0) is 20.6 Å². The van der Waals surface area contributed by atoms with Gasteiger partial charge in [0.1, 0.15) is 5.75 Å². The Kier molecular flexibility index (Phi) is 7.32. The number of para-hydroxylation sites is 2. The molecule has 0 saturated heterocycles. The van der Waals surface area contributed by atoms with Crippen molar-refractivity contribution >= 4 is 45.0 Å². The zero-order valence-corrected chi connectivity index (χ0v) is 18.4. The van der Waals surface area contributed by atoms with Crippen LogP contribution in [0, 0.1) is 0 Å². The van der Waals surface area contributed by atoms with E-state index in [1.54, 1.807) is 36.0 Å². The number of fused-ring (bicyclic) bond motifs is 1. The average Bonchev–Trinajstić information content (AvgIpc) is 2.88. The number of anilines is 1. The second-order valence-electron chi connectivity index (χ2n) is 6.67. The fourth-order valence-corrected chi connectivity index (χ4v) is 4.88. The average molecular weight is 455 g/mol. The van der Waals surface area contributed by atoms with Gasteiger partial charge in [-0.2, -0.15) is 11.8 Å². The molecule has 1 unspecified atom stereocenters. The van der Waals surface area contributed by atoms with Gasteiger partial charge in [-0.3, -0.25) is 9.10 Å². The number of halogens is 1. The second kappa shape index (κ2) is 9.73. The van der Waals surface area contributed by atoms with E-state index in [4.69, 9.17) is 16.3 Å². The lowest BCUT2D eigenvalue weighted by Crippen LogP contribution is -2.40. The normalized spacial score (nSPS) is 16.5. The first kappa shape index (κ1) is 21.8. The Morgan fingerprint density at radius 1 is 1.24 bits per heavy atom. The maximum Gasteiger partial charge on any atom is 0.261 e. The fraction of sp³-hybridized carbons (Fsp3) is 0.350. The minimum Gasteiger partial charge on any atom is -0.478 e. The van der Waals surface area contributed by atoms with Crippen LogP contribution in [-0.4, -0.2) is 45.5 Å². The molecule has 1 N–H and O–H groups in total. The number of benzene rings is 2. The van der Waals surface area contributed by atoms with Crippen molar-refractivity contribution in [1.82, 2.24) is 5.32 Å². The molecule has 1 amide bonds. The Bertz CT molecular complexity index is 951. The summed E-state index contributed by atoms with van der Waals surface area (Å²) in [7, 11) is -3.46. The topological polar surface area (TPSA) is 75.7 Å². The van der Waals surface area contributed by atoms with Gasteiger partial charge in [-0.25, -0.2) is 8.42 Å². The third-order valence-corrected chi connectivity index (χ3v) is 6.88. The van der Waals surface area contributed by atoms with E-state index in [0.29, 0.717) is 23.0 Å². The maximum atomic E-state index is 12.6. The van der Waals surface area contributed by atoms with E-state index in [-0.39, 0.29) is 18.9 Å². The Hall–Kier alpha value is -1.90. The summed E-state index contributed by atoms with van der Waals surface area (Å²) in [5, 5.41) is 3.60. The molecule has 0 saturated carbocycles. The maximum absolute atomic E-state index is 12.6. The Morgan fingerprint density at radius 2 is 1.97 bits per heavy atom. The number of sulfonamides is 1. The number of thioether (sulfide) groups is 1. The fourth-order valence-electron chi connectivity index (χ4n) is 2.99. The summed E-state index contributed by atoms with van der Waals surface area (Å²) in [5.41, 5.74) is 1.64. The number of hydrogen-bond acceptors (Lipinski definition) is 5. The van der Waals surface area contributed by atoms with Crippen LogP contribution in [0.1, 0.15) is 12.0 Å². The number of nitrogens with one attached hydrogen (secondary N) is 1. The van der Waals surface area contributed by atoms with Gasteiger partial charge in [0, 0.05) is 36.0 Å². The van der Waals surface area contributed by atoms with Gasteiger partial charge in [-0.05, 0) is 29.8 Å². The van der Waals surface area contributed by atoms with Crippen LogP contribution in [0.4, 0.5) is 5.69 Å². The molecular weight excluding hydrogens is 432 g/mol. The predicted molar refractivity (Wildman–Crippen MR) is 118 cm³/mol. The highest BCUT2D eigenvalue weighted by Crippen LogP contribution is 2.33. The van der Waals surface area contributed by atoms with Crippen LogP contribution >= 0.6 is 23.4 Å². The highest BCUT2D eigenvalue weighted by atomic mass is 35.5. The number of rotatable bonds is 7. The van der Waals surface area contributed by atoms with Crippen LogP contribution in [0.25, 0.3) is 0 Å². The first-order valence-corrected chi connectivity index (χ1v) is 12.6. The van der Waals surface area contributed by atoms with Crippen LogP contribution in [0.3, 0.4) is 0 Å². The molecule has 1 heterocycles. The highest BCUT2D eigenvalue weighted by molar-refractivity contribution is 7.98. The van der Waals surface area contributed by atoms with Gasteiger partial charge in [-0.15, -0.1) is 0 Å². The molecule has 0 aromatic heterocycles. The van der Waals surface area contributed by atoms with Crippen molar-refractivity contribution in [1.29, 1.82) is 0 Å². The van der Waals surface area contributed by atoms with Crippen molar-refractivity contribution in [2.75, 3.05) is 29.4 Å². The van der Waals surface area contributed by atoms with E-state index >= 15 is 0 Å². The van der Waals surface area contributed by atoms with Crippen molar-refractivity contribution < 1.29 is 17.9 Å². The van der Waals surface area contributed by atoms with Crippen molar-refractivity contribution in [2.45, 2.75) is 18.3 Å². The predicted octanol–water partition coefficient (Wildman–Crippen LogP) is 3.31. The van der Waals surface area contributed by atoms with E-state index in [0.717, 1.165) is 17.8 Å². The summed E-state index contributed by atoms with van der Waals surface area (Å²) >= 11 is 7.59. The Labute approximate surface area is 180 Å². The molecule has 1 aliphatic rings. The summed E-state index contributed by atoms with van der Waals surface area (Å²) in [6.45, 7) is 0.702. The number of hydrogen-bond donors (Lipinski definition) is 1. The van der Waals surface area contributed by atoms with E-state index < -0.39 is 16.1 Å². The minimum absolute atomic E-state index is 0.194. The molecule has 1 aliphatic heterocycles. The number of carbonyl (C=O) groups is 1. The van der Waals surface area contributed by atoms with Crippen molar-refractivity contribution in [2.24, 2.45) is 0 Å². The monoisotopic (exact) mass is 454 g/mol. The molecule has 0 radical (unpaired) electrons. The summed E-state index contributed by atoms with van der Waals surface area (Å²) in [4.78, 5) is 12.6. The molecule has 0 fully saturated rings. The van der Waals surface area contributed by atoms with Crippen molar-refractivity contribution in [3.05, 3.63) is 59.1 Å². The SMILES string of the molecule is CS(=O)(=O)N1CCC(C(=O)NCCSCc2ccc(Cl)cc2)Oc2ccccc21. The summed E-state index contributed by atoms with van der Waals surface area (Å²) in [5.74, 6) is 1.76. The highest BCUT2D eigenvalue weighted by Gasteiger charge is 2.30. The standard InChI is InChI=1S/C20H23ClN2O4S2/c1-29(25,26)23-12-10-19(27-18-5-3-2-4-17(18)23)20(24)22-11-13-28-14-15-6-8-16(21)9-7-15/h2-9,19H,10-14H2,1H3,(H,22,24). The van der Waals surface area contributed by atoms with Crippen LogP contribution in [0.2, 0.25) is 5.02 Å². The van der Waals surface area contributed by atoms with Gasteiger partial charge in [0.15, 0.2) is 6.10 Å². The zero-order chi connectivity index (χ0) is 20.9. The molecular formula is C20H23ClN2O4S2. The van der Waals surface area contributed by atoms with Crippen molar-refractivity contribution in [3.63, 3.8) is 0 Å². The van der Waals surface area contributed by atoms with Crippen LogP contribution in [0.5, 0.6) is 5.75 Å². The second-order valence-corrected chi connectivity index (χ2v) is 10.1. The first-order chi connectivity index (χ1) is 13.8. The molecule has 3 rings (SSSR count). The van der Waals surface area contributed by atoms with Gasteiger partial charge < -0.3 is 10.1 Å². The first-order valence-electron chi connectivity index (χ1n) is 9.18. The third-order valence-electron chi connectivity index (χ3n) is 4.42. The van der Waals surface area contributed by atoms with Crippen molar-refractivity contribution in [3.8, 4) is 5.75 Å². The molecule has 0 aliphatic carbocycles. The van der Waals surface area contributed by atoms with Crippen LogP contribution < -0.4 is 14.4 Å². The number of amides is 1. The van der Waals surface area contributed by atoms with E-state index in [1.807, 2.05) is 24.3 Å². The van der Waals surface area contributed by atoms with E-state index in [2.05, 4.69) is 5.32 Å². The Morgan fingerprint density at radius 3 is 2.69 bits per heavy atom. The van der Waals surface area contributed by atoms with Gasteiger partial charge >= 0.3 is 0 Å². The Balaban J connectivity index is 1.52. The van der Waals surface area contributed by atoms with Gasteiger partial charge in [0.2, 0.25) is 10.0 Å². The number of nitrogens with zero attached hydrogens (tertiary/aromatic N) is 1. The molecule has 2 aromatic rings. The smallest absolute Gasteiger partial charge is 0.261 e. The van der Waals surface area contributed by atoms with Gasteiger partial charge in [0.05, 0.1) is 11.9 Å². The van der Waals surface area contributed by atoms with Gasteiger partial charge in [0.25, 0.3) is 5.91 Å². The van der Waals surface area contributed by atoms with E-state index in [1.165, 1.54) is 9.87 Å².